The Morgan fingerprint density at radius 2 is 1.64 bits per heavy atom. The van der Waals surface area contributed by atoms with E-state index in [9.17, 15) is 13.2 Å². The lowest BCUT2D eigenvalue weighted by Crippen LogP contribution is -2.04. The van der Waals surface area contributed by atoms with Gasteiger partial charge in [-0.25, -0.2) is 0 Å². The predicted octanol–water partition coefficient (Wildman–Crippen LogP) is 3.66. The molecule has 0 saturated heterocycles. The minimum absolute atomic E-state index is 0.488. The second-order valence-electron chi connectivity index (χ2n) is 2.96. The summed E-state index contributed by atoms with van der Waals surface area (Å²) in [5.74, 6) is 0. The highest BCUT2D eigenvalue weighted by atomic mass is 19.4. The van der Waals surface area contributed by atoms with E-state index in [1.54, 1.807) is 24.3 Å². The van der Waals surface area contributed by atoms with Crippen molar-refractivity contribution in [3.05, 3.63) is 48.0 Å². The third kappa shape index (κ3) is 1.58. The first-order valence-electron chi connectivity index (χ1n) is 4.05. The van der Waals surface area contributed by atoms with Gasteiger partial charge in [-0.3, -0.25) is 0 Å². The SMILES string of the molecule is FC(F)(F)c1[c]c2ccccc2cc1. The maximum atomic E-state index is 12.3. The van der Waals surface area contributed by atoms with Crippen LogP contribution in [0.25, 0.3) is 10.8 Å². The maximum Gasteiger partial charge on any atom is 0.417 e. The summed E-state index contributed by atoms with van der Waals surface area (Å²) in [6.07, 6.45) is -4.32. The van der Waals surface area contributed by atoms with E-state index in [-0.39, 0.29) is 0 Å². The van der Waals surface area contributed by atoms with Crippen molar-refractivity contribution in [2.45, 2.75) is 6.18 Å². The van der Waals surface area contributed by atoms with Crippen LogP contribution < -0.4 is 0 Å². The molecule has 0 amide bonds. The molecule has 0 aromatic heterocycles. The summed E-state index contributed by atoms with van der Waals surface area (Å²) in [5.41, 5.74) is -0.726. The van der Waals surface area contributed by atoms with E-state index >= 15 is 0 Å². The molecule has 0 saturated carbocycles. The largest absolute Gasteiger partial charge is 0.417 e. The van der Waals surface area contributed by atoms with Gasteiger partial charge in [-0.15, -0.1) is 0 Å². The van der Waals surface area contributed by atoms with Crippen molar-refractivity contribution in [1.82, 2.24) is 0 Å². The summed E-state index contributed by atoms with van der Waals surface area (Å²) in [6, 6.07) is 11.7. The third-order valence-electron chi connectivity index (χ3n) is 1.97. The fraction of sp³-hybridized carbons (Fsp3) is 0.0909. The van der Waals surface area contributed by atoms with Gasteiger partial charge in [0.1, 0.15) is 0 Å². The van der Waals surface area contributed by atoms with Crippen LogP contribution in [0.4, 0.5) is 13.2 Å². The average molecular weight is 195 g/mol. The van der Waals surface area contributed by atoms with Gasteiger partial charge in [0.2, 0.25) is 0 Å². The van der Waals surface area contributed by atoms with Crippen LogP contribution in [0.3, 0.4) is 0 Å². The maximum absolute atomic E-state index is 12.3. The monoisotopic (exact) mass is 195 g/mol. The van der Waals surface area contributed by atoms with Gasteiger partial charge in [0.05, 0.1) is 5.56 Å². The molecular weight excluding hydrogens is 189 g/mol. The molecule has 1 radical (unpaired) electrons. The Bertz CT molecular complexity index is 457. The van der Waals surface area contributed by atoms with Crippen molar-refractivity contribution >= 4 is 10.8 Å². The van der Waals surface area contributed by atoms with Crippen molar-refractivity contribution in [3.63, 3.8) is 0 Å². The van der Waals surface area contributed by atoms with Gasteiger partial charge in [0.15, 0.2) is 0 Å². The second kappa shape index (κ2) is 3.01. The van der Waals surface area contributed by atoms with Crippen molar-refractivity contribution in [1.29, 1.82) is 0 Å². The molecule has 0 spiro atoms. The molecule has 0 heterocycles. The Balaban J connectivity index is 2.63. The molecule has 71 valence electrons. The van der Waals surface area contributed by atoms with Crippen LogP contribution in [0.5, 0.6) is 0 Å². The molecule has 0 aliphatic rings. The highest BCUT2D eigenvalue weighted by Crippen LogP contribution is 2.30. The first-order chi connectivity index (χ1) is 6.57. The first kappa shape index (κ1) is 9.06. The van der Waals surface area contributed by atoms with Crippen molar-refractivity contribution in [2.24, 2.45) is 0 Å². The van der Waals surface area contributed by atoms with E-state index in [1.165, 1.54) is 6.07 Å². The zero-order valence-corrected chi connectivity index (χ0v) is 7.10. The molecule has 0 nitrogen and oxygen atoms in total. The number of rotatable bonds is 0. The van der Waals surface area contributed by atoms with E-state index in [1.807, 2.05) is 0 Å². The normalized spacial score (nSPS) is 11.9. The van der Waals surface area contributed by atoms with E-state index in [4.69, 9.17) is 0 Å². The number of hydrogen-bond acceptors (Lipinski definition) is 0. The highest BCUT2D eigenvalue weighted by molar-refractivity contribution is 5.82. The van der Waals surface area contributed by atoms with E-state index in [0.717, 1.165) is 11.5 Å². The van der Waals surface area contributed by atoms with Gasteiger partial charge < -0.3 is 0 Å². The predicted molar refractivity (Wildman–Crippen MR) is 47.8 cm³/mol. The molecule has 0 unspecified atom stereocenters. The minimum atomic E-state index is -4.32. The molecule has 0 aliphatic carbocycles. The van der Waals surface area contributed by atoms with E-state index < -0.39 is 11.7 Å². The van der Waals surface area contributed by atoms with E-state index in [2.05, 4.69) is 6.07 Å². The minimum Gasteiger partial charge on any atom is -0.166 e. The van der Waals surface area contributed by atoms with Crippen LogP contribution in [-0.4, -0.2) is 0 Å². The van der Waals surface area contributed by atoms with Crippen LogP contribution in [-0.2, 0) is 6.18 Å². The lowest BCUT2D eigenvalue weighted by atomic mass is 10.1. The average Bonchev–Trinajstić information content (AvgIpc) is 2.16. The topological polar surface area (TPSA) is 0 Å². The Hall–Kier alpha value is -1.51. The number of hydrogen-bond donors (Lipinski definition) is 0. The smallest absolute Gasteiger partial charge is 0.166 e. The van der Waals surface area contributed by atoms with Gasteiger partial charge in [-0.1, -0.05) is 30.3 Å². The van der Waals surface area contributed by atoms with Crippen molar-refractivity contribution < 1.29 is 13.2 Å². The van der Waals surface area contributed by atoms with Crippen LogP contribution in [0, 0.1) is 6.07 Å². The molecule has 0 N–H and O–H groups in total. The molecule has 0 atom stereocenters. The summed E-state index contributed by atoms with van der Waals surface area (Å²) in [6.45, 7) is 0. The third-order valence-corrected chi connectivity index (χ3v) is 1.97. The summed E-state index contributed by atoms with van der Waals surface area (Å²) < 4.78 is 36.9. The number of alkyl halides is 3. The Morgan fingerprint density at radius 3 is 2.36 bits per heavy atom. The molecule has 2 aromatic carbocycles. The molecule has 14 heavy (non-hydrogen) atoms. The number of fused-ring (bicyclic) bond motifs is 1. The lowest BCUT2D eigenvalue weighted by molar-refractivity contribution is -0.137. The van der Waals surface area contributed by atoms with E-state index in [0.29, 0.717) is 5.39 Å². The Kier molecular flexibility index (Phi) is 1.95. The van der Waals surface area contributed by atoms with Gasteiger partial charge in [-0.05, 0) is 16.8 Å². The van der Waals surface area contributed by atoms with Crippen LogP contribution in [0.15, 0.2) is 36.4 Å². The highest BCUT2D eigenvalue weighted by Gasteiger charge is 2.30. The second-order valence-corrected chi connectivity index (χ2v) is 2.96. The standard InChI is InChI=1S/C11H6F3/c12-11(13,14)10-6-5-8-3-1-2-4-9(8)7-10/h1-6H. The molecule has 0 aliphatic heterocycles. The Labute approximate surface area is 79.0 Å². The zero-order chi connectivity index (χ0) is 10.2. The fourth-order valence-corrected chi connectivity index (χ4v) is 1.28. The van der Waals surface area contributed by atoms with Crippen molar-refractivity contribution in [3.8, 4) is 0 Å². The molecular formula is C11H6F3. The molecule has 3 heteroatoms. The summed E-state index contributed by atoms with van der Waals surface area (Å²) >= 11 is 0. The van der Waals surface area contributed by atoms with Gasteiger partial charge in [-0.2, -0.15) is 13.2 Å². The quantitative estimate of drug-likeness (QED) is 0.601. The zero-order valence-electron chi connectivity index (χ0n) is 7.10. The first-order valence-corrected chi connectivity index (χ1v) is 4.05. The van der Waals surface area contributed by atoms with Gasteiger partial charge in [0, 0.05) is 6.07 Å². The summed E-state index contributed by atoms with van der Waals surface area (Å²) in [5, 5.41) is 1.25. The number of benzene rings is 2. The van der Waals surface area contributed by atoms with Gasteiger partial charge in [0.25, 0.3) is 0 Å². The molecule has 0 bridgehead atoms. The van der Waals surface area contributed by atoms with Crippen LogP contribution >= 0.6 is 0 Å². The fourth-order valence-electron chi connectivity index (χ4n) is 1.28. The summed E-state index contributed by atoms with van der Waals surface area (Å²) in [4.78, 5) is 0. The van der Waals surface area contributed by atoms with Crippen molar-refractivity contribution in [2.75, 3.05) is 0 Å². The molecule has 2 aromatic rings. The Morgan fingerprint density at radius 1 is 0.929 bits per heavy atom. The lowest BCUT2D eigenvalue weighted by Gasteiger charge is -2.06. The molecule has 2 rings (SSSR count). The van der Waals surface area contributed by atoms with Crippen LogP contribution in [0.1, 0.15) is 5.56 Å². The van der Waals surface area contributed by atoms with Gasteiger partial charge >= 0.3 is 6.18 Å². The number of halogens is 3. The summed E-state index contributed by atoms with van der Waals surface area (Å²) in [7, 11) is 0. The molecule has 0 fully saturated rings. The van der Waals surface area contributed by atoms with Crippen LogP contribution in [0.2, 0.25) is 0 Å².